The van der Waals surface area contributed by atoms with E-state index < -0.39 is 0 Å². The molecule has 3 aromatic rings. The van der Waals surface area contributed by atoms with E-state index in [-0.39, 0.29) is 0 Å². The monoisotopic (exact) mass is 271 g/mol. The van der Waals surface area contributed by atoms with Crippen LogP contribution in [0.2, 0.25) is 0 Å². The second-order valence-electron chi connectivity index (χ2n) is 4.16. The Balaban J connectivity index is 1.89. The van der Waals surface area contributed by atoms with Crippen molar-refractivity contribution in [3.05, 3.63) is 46.9 Å². The summed E-state index contributed by atoms with van der Waals surface area (Å²) in [6.07, 6.45) is 3.51. The molecule has 3 rings (SSSR count). The summed E-state index contributed by atoms with van der Waals surface area (Å²) in [7, 11) is 0. The molecule has 96 valence electrons. The molecule has 0 aliphatic rings. The van der Waals surface area contributed by atoms with Gasteiger partial charge in [0.25, 0.3) is 0 Å². The minimum atomic E-state index is 0.721. The van der Waals surface area contributed by atoms with Crippen molar-refractivity contribution in [1.29, 1.82) is 0 Å². The molecule has 0 aliphatic heterocycles. The molecule has 19 heavy (non-hydrogen) atoms. The Morgan fingerprint density at radius 3 is 3.05 bits per heavy atom. The number of aryl methyl sites for hydroxylation is 2. The van der Waals surface area contributed by atoms with Gasteiger partial charge in [0.2, 0.25) is 0 Å². The van der Waals surface area contributed by atoms with Gasteiger partial charge in [0.05, 0.1) is 17.6 Å². The van der Waals surface area contributed by atoms with Crippen LogP contribution in [-0.2, 0) is 0 Å². The molecule has 0 saturated carbocycles. The van der Waals surface area contributed by atoms with E-state index in [0.29, 0.717) is 0 Å². The van der Waals surface area contributed by atoms with Gasteiger partial charge in [-0.1, -0.05) is 6.07 Å². The number of hydrazone groups is 1. The van der Waals surface area contributed by atoms with Crippen LogP contribution in [-0.4, -0.2) is 20.6 Å². The number of hydrogen-bond acceptors (Lipinski definition) is 5. The van der Waals surface area contributed by atoms with Gasteiger partial charge in [-0.3, -0.25) is 9.83 Å². The van der Waals surface area contributed by atoms with Crippen molar-refractivity contribution in [3.8, 4) is 0 Å². The van der Waals surface area contributed by atoms with Crippen molar-refractivity contribution < 1.29 is 0 Å². The maximum atomic E-state index is 4.51. The molecule has 0 radical (unpaired) electrons. The van der Waals surface area contributed by atoms with Crippen LogP contribution in [0.15, 0.2) is 34.9 Å². The normalized spacial score (nSPS) is 11.5. The maximum Gasteiger partial charge on any atom is 0.194 e. The minimum absolute atomic E-state index is 0.721. The van der Waals surface area contributed by atoms with E-state index in [4.69, 9.17) is 0 Å². The molecule has 5 nitrogen and oxygen atoms in total. The van der Waals surface area contributed by atoms with Gasteiger partial charge in [0.1, 0.15) is 5.82 Å². The summed E-state index contributed by atoms with van der Waals surface area (Å²) < 4.78 is 2.10. The summed E-state index contributed by atoms with van der Waals surface area (Å²) in [5.41, 5.74) is 6.04. The fourth-order valence-corrected chi connectivity index (χ4v) is 2.78. The van der Waals surface area contributed by atoms with Crippen LogP contribution in [0, 0.1) is 13.8 Å². The number of anilines is 1. The van der Waals surface area contributed by atoms with Crippen LogP contribution in [0.25, 0.3) is 4.96 Å². The van der Waals surface area contributed by atoms with Crippen LogP contribution in [0.5, 0.6) is 0 Å². The van der Waals surface area contributed by atoms with Crippen molar-refractivity contribution in [2.45, 2.75) is 13.8 Å². The van der Waals surface area contributed by atoms with E-state index in [1.165, 1.54) is 5.69 Å². The highest BCUT2D eigenvalue weighted by molar-refractivity contribution is 7.15. The SMILES string of the molecule is Cc1nc2scc(C)n2c1/C=N\Nc1ccccn1. The van der Waals surface area contributed by atoms with Gasteiger partial charge in [-0.2, -0.15) is 5.10 Å². The van der Waals surface area contributed by atoms with E-state index in [0.717, 1.165) is 22.2 Å². The molecule has 0 aliphatic carbocycles. The number of hydrogen-bond donors (Lipinski definition) is 1. The number of fused-ring (bicyclic) bond motifs is 1. The molecule has 1 N–H and O–H groups in total. The Morgan fingerprint density at radius 2 is 2.26 bits per heavy atom. The summed E-state index contributed by atoms with van der Waals surface area (Å²) >= 11 is 1.64. The van der Waals surface area contributed by atoms with E-state index in [1.54, 1.807) is 23.7 Å². The number of imidazole rings is 1. The number of aromatic nitrogens is 3. The Labute approximate surface area is 114 Å². The lowest BCUT2D eigenvalue weighted by Gasteiger charge is -1.98. The Morgan fingerprint density at radius 1 is 1.37 bits per heavy atom. The average Bonchev–Trinajstić information content (AvgIpc) is 2.92. The molecular formula is C13H13N5S. The van der Waals surface area contributed by atoms with Gasteiger partial charge < -0.3 is 0 Å². The van der Waals surface area contributed by atoms with Gasteiger partial charge in [0, 0.05) is 17.3 Å². The Bertz CT molecular complexity index is 726. The predicted octanol–water partition coefficient (Wildman–Crippen LogP) is 2.85. The van der Waals surface area contributed by atoms with Crippen molar-refractivity contribution in [2.75, 3.05) is 5.43 Å². The zero-order valence-electron chi connectivity index (χ0n) is 10.7. The fraction of sp³-hybridized carbons (Fsp3) is 0.154. The quantitative estimate of drug-likeness (QED) is 0.588. The van der Waals surface area contributed by atoms with Crippen LogP contribution < -0.4 is 5.43 Å². The molecule has 0 atom stereocenters. The highest BCUT2D eigenvalue weighted by atomic mass is 32.1. The largest absolute Gasteiger partial charge is 0.286 e. The molecular weight excluding hydrogens is 258 g/mol. The van der Waals surface area contributed by atoms with Gasteiger partial charge in [0.15, 0.2) is 4.96 Å². The lowest BCUT2D eigenvalue weighted by Crippen LogP contribution is -1.97. The van der Waals surface area contributed by atoms with Crippen LogP contribution in [0.3, 0.4) is 0 Å². The Kier molecular flexibility index (Phi) is 3.00. The van der Waals surface area contributed by atoms with Gasteiger partial charge in [-0.05, 0) is 26.0 Å². The molecule has 0 saturated heterocycles. The standard InChI is InChI=1S/C13H13N5S/c1-9-8-19-13-16-10(2)11(18(9)13)7-15-17-12-5-3-4-6-14-12/h3-8H,1-2H3,(H,14,17)/b15-7-. The molecule has 0 unspecified atom stereocenters. The molecule has 3 heterocycles. The van der Waals surface area contributed by atoms with Crippen LogP contribution in [0.1, 0.15) is 17.1 Å². The van der Waals surface area contributed by atoms with E-state index in [9.17, 15) is 0 Å². The number of rotatable bonds is 3. The molecule has 0 fully saturated rings. The first-order chi connectivity index (χ1) is 9.25. The summed E-state index contributed by atoms with van der Waals surface area (Å²) in [4.78, 5) is 9.65. The molecule has 0 spiro atoms. The Hall–Kier alpha value is -2.21. The fourth-order valence-electron chi connectivity index (χ4n) is 1.87. The average molecular weight is 271 g/mol. The second kappa shape index (κ2) is 4.81. The third kappa shape index (κ3) is 2.22. The molecule has 6 heteroatoms. The van der Waals surface area contributed by atoms with Gasteiger partial charge >= 0.3 is 0 Å². The summed E-state index contributed by atoms with van der Waals surface area (Å²) in [6, 6.07) is 5.65. The van der Waals surface area contributed by atoms with E-state index >= 15 is 0 Å². The summed E-state index contributed by atoms with van der Waals surface area (Å²) in [6.45, 7) is 4.05. The zero-order chi connectivity index (χ0) is 13.2. The van der Waals surface area contributed by atoms with Gasteiger partial charge in [-0.25, -0.2) is 9.97 Å². The molecule has 0 aromatic carbocycles. The predicted molar refractivity (Wildman–Crippen MR) is 78.0 cm³/mol. The highest BCUT2D eigenvalue weighted by Crippen LogP contribution is 2.19. The first-order valence-corrected chi connectivity index (χ1v) is 6.77. The van der Waals surface area contributed by atoms with Crippen LogP contribution >= 0.6 is 11.3 Å². The summed E-state index contributed by atoms with van der Waals surface area (Å²) in [5, 5.41) is 6.31. The van der Waals surface area contributed by atoms with Gasteiger partial charge in [-0.15, -0.1) is 11.3 Å². The molecule has 3 aromatic heterocycles. The minimum Gasteiger partial charge on any atom is -0.286 e. The lowest BCUT2D eigenvalue weighted by atomic mass is 10.3. The van der Waals surface area contributed by atoms with Crippen molar-refractivity contribution in [1.82, 2.24) is 14.4 Å². The third-order valence-corrected chi connectivity index (χ3v) is 3.73. The number of pyridine rings is 1. The van der Waals surface area contributed by atoms with E-state index in [1.807, 2.05) is 25.1 Å². The topological polar surface area (TPSA) is 54.6 Å². The zero-order valence-corrected chi connectivity index (χ0v) is 11.5. The smallest absolute Gasteiger partial charge is 0.194 e. The first-order valence-electron chi connectivity index (χ1n) is 5.89. The number of nitrogens with zero attached hydrogens (tertiary/aromatic N) is 4. The molecule has 0 amide bonds. The van der Waals surface area contributed by atoms with Crippen LogP contribution in [0.4, 0.5) is 5.82 Å². The lowest BCUT2D eigenvalue weighted by molar-refractivity contribution is 1.11. The number of thiazole rings is 1. The number of nitrogens with one attached hydrogen (secondary N) is 1. The van der Waals surface area contributed by atoms with Crippen molar-refractivity contribution in [3.63, 3.8) is 0 Å². The second-order valence-corrected chi connectivity index (χ2v) is 5.00. The summed E-state index contributed by atoms with van der Waals surface area (Å²) in [5.74, 6) is 0.721. The highest BCUT2D eigenvalue weighted by Gasteiger charge is 2.09. The molecule has 0 bridgehead atoms. The van der Waals surface area contributed by atoms with Crippen molar-refractivity contribution >= 4 is 28.3 Å². The maximum absolute atomic E-state index is 4.51. The van der Waals surface area contributed by atoms with Crippen molar-refractivity contribution in [2.24, 2.45) is 5.10 Å². The third-order valence-electron chi connectivity index (χ3n) is 2.78. The van der Waals surface area contributed by atoms with E-state index in [2.05, 4.69) is 37.2 Å². The first kappa shape index (κ1) is 11.9.